The van der Waals surface area contributed by atoms with Crippen LogP contribution in [0.5, 0.6) is 0 Å². The standard InChI is InChI=1S/C10H22BN3O2.C4H6O6/c15-11(16)10-2-1-6-14(10)7-5-13-9-3-4-12-8-9;5-1(3(7)8)2(6)4(9)10/h9-10,12-13,15-16H,1-8H2;1-2,5-6H,(H,7,8)(H,9,10)/t9-,10+;1-,2-/m11/s1. The summed E-state index contributed by atoms with van der Waals surface area (Å²) in [6.07, 6.45) is -1.35. The van der Waals surface area contributed by atoms with Crippen LogP contribution in [-0.2, 0) is 9.59 Å². The van der Waals surface area contributed by atoms with Gasteiger partial charge in [0.15, 0.2) is 12.2 Å². The summed E-state index contributed by atoms with van der Waals surface area (Å²) >= 11 is 0. The summed E-state index contributed by atoms with van der Waals surface area (Å²) in [5, 5.41) is 57.8. The van der Waals surface area contributed by atoms with Crippen molar-refractivity contribution in [2.24, 2.45) is 0 Å². The molecule has 0 aromatic heterocycles. The molecule has 11 nitrogen and oxygen atoms in total. The number of aliphatic carboxylic acids is 2. The fourth-order valence-corrected chi connectivity index (χ4v) is 2.98. The second-order valence-electron chi connectivity index (χ2n) is 6.37. The van der Waals surface area contributed by atoms with Crippen LogP contribution in [0, 0.1) is 0 Å². The molecule has 26 heavy (non-hydrogen) atoms. The lowest BCUT2D eigenvalue weighted by molar-refractivity contribution is -0.165. The third kappa shape index (κ3) is 7.54. The normalized spacial score (nSPS) is 25.2. The maximum atomic E-state index is 9.77. The van der Waals surface area contributed by atoms with Crippen molar-refractivity contribution in [3.8, 4) is 0 Å². The molecule has 0 amide bonds. The number of hydrogen-bond donors (Lipinski definition) is 8. The van der Waals surface area contributed by atoms with E-state index in [0.29, 0.717) is 6.04 Å². The third-order valence-corrected chi connectivity index (χ3v) is 4.46. The molecule has 2 aliphatic heterocycles. The van der Waals surface area contributed by atoms with Gasteiger partial charge in [-0.15, -0.1) is 0 Å². The lowest BCUT2D eigenvalue weighted by atomic mass is 9.78. The highest BCUT2D eigenvalue weighted by Gasteiger charge is 2.33. The Morgan fingerprint density at radius 2 is 1.77 bits per heavy atom. The third-order valence-electron chi connectivity index (χ3n) is 4.46. The Hall–Kier alpha value is -1.28. The Morgan fingerprint density at radius 1 is 1.15 bits per heavy atom. The monoisotopic (exact) mass is 377 g/mol. The van der Waals surface area contributed by atoms with Crippen molar-refractivity contribution in [2.75, 3.05) is 32.7 Å². The van der Waals surface area contributed by atoms with Crippen LogP contribution in [0.1, 0.15) is 19.3 Å². The molecule has 2 heterocycles. The number of nitrogens with zero attached hydrogens (tertiary/aromatic N) is 1. The molecule has 8 N–H and O–H groups in total. The molecule has 150 valence electrons. The van der Waals surface area contributed by atoms with E-state index >= 15 is 0 Å². The molecule has 4 atom stereocenters. The maximum Gasteiger partial charge on any atom is 0.469 e. The van der Waals surface area contributed by atoms with Gasteiger partial charge in [-0.25, -0.2) is 9.59 Å². The van der Waals surface area contributed by atoms with Crippen LogP contribution < -0.4 is 10.6 Å². The van der Waals surface area contributed by atoms with Crippen molar-refractivity contribution in [1.29, 1.82) is 0 Å². The molecule has 0 spiro atoms. The van der Waals surface area contributed by atoms with Gasteiger partial charge in [0.05, 0.1) is 0 Å². The van der Waals surface area contributed by atoms with E-state index in [2.05, 4.69) is 15.5 Å². The summed E-state index contributed by atoms with van der Waals surface area (Å²) < 4.78 is 0. The topological polar surface area (TPSA) is 183 Å². The summed E-state index contributed by atoms with van der Waals surface area (Å²) in [5.41, 5.74) is 0. The average molecular weight is 377 g/mol. The minimum Gasteiger partial charge on any atom is -0.479 e. The number of hydrogen-bond acceptors (Lipinski definition) is 9. The molecular weight excluding hydrogens is 349 g/mol. The summed E-state index contributed by atoms with van der Waals surface area (Å²) in [6.45, 7) is 5.02. The maximum absolute atomic E-state index is 9.77. The predicted octanol–water partition coefficient (Wildman–Crippen LogP) is -3.71. The molecule has 0 radical (unpaired) electrons. The van der Waals surface area contributed by atoms with Crippen molar-refractivity contribution in [3.63, 3.8) is 0 Å². The number of likely N-dealkylation sites (tertiary alicyclic amines) is 1. The Morgan fingerprint density at radius 3 is 2.23 bits per heavy atom. The van der Waals surface area contributed by atoms with Gasteiger partial charge in [0.25, 0.3) is 0 Å². The fourth-order valence-electron chi connectivity index (χ4n) is 2.98. The molecule has 0 aliphatic carbocycles. The summed E-state index contributed by atoms with van der Waals surface area (Å²) in [6, 6.07) is 0.597. The first-order valence-electron chi connectivity index (χ1n) is 8.60. The number of carboxylic acids is 2. The second-order valence-corrected chi connectivity index (χ2v) is 6.37. The van der Waals surface area contributed by atoms with Gasteiger partial charge in [-0.1, -0.05) is 0 Å². The predicted molar refractivity (Wildman–Crippen MR) is 91.3 cm³/mol. The SMILES string of the molecule is O=C(O)[C@H](O)[C@@H](O)C(=O)O.OB(O)[C@@H]1CCCN1CCN[C@@H]1CCNC1. The van der Waals surface area contributed by atoms with E-state index in [1.54, 1.807) is 0 Å². The van der Waals surface area contributed by atoms with Crippen LogP contribution in [0.25, 0.3) is 0 Å². The zero-order chi connectivity index (χ0) is 19.7. The number of carbonyl (C=O) groups is 2. The number of carboxylic acid groups (broad SMARTS) is 2. The Bertz CT molecular complexity index is 432. The van der Waals surface area contributed by atoms with Crippen molar-refractivity contribution in [3.05, 3.63) is 0 Å². The lowest BCUT2D eigenvalue weighted by Crippen LogP contribution is -2.46. The van der Waals surface area contributed by atoms with Gasteiger partial charge in [0.2, 0.25) is 0 Å². The summed E-state index contributed by atoms with van der Waals surface area (Å²) in [7, 11) is -1.18. The summed E-state index contributed by atoms with van der Waals surface area (Å²) in [4.78, 5) is 21.7. The van der Waals surface area contributed by atoms with Gasteiger partial charge < -0.3 is 46.0 Å². The minimum absolute atomic E-state index is 0.0523. The Labute approximate surface area is 151 Å². The largest absolute Gasteiger partial charge is 0.479 e. The number of aliphatic hydroxyl groups is 2. The first-order chi connectivity index (χ1) is 12.2. The van der Waals surface area contributed by atoms with Gasteiger partial charge in [-0.2, -0.15) is 0 Å². The highest BCUT2D eigenvalue weighted by atomic mass is 16.4. The molecule has 0 saturated carbocycles. The van der Waals surface area contributed by atoms with Gasteiger partial charge in [-0.05, 0) is 32.4 Å². The molecule has 0 unspecified atom stereocenters. The van der Waals surface area contributed by atoms with Crippen LogP contribution in [-0.4, -0.2) is 111 Å². The van der Waals surface area contributed by atoms with Crippen LogP contribution in [0.3, 0.4) is 0 Å². The summed E-state index contributed by atoms with van der Waals surface area (Å²) in [5.74, 6) is -3.59. The van der Waals surface area contributed by atoms with E-state index in [1.165, 1.54) is 6.42 Å². The molecular formula is C14H28BN3O8. The van der Waals surface area contributed by atoms with Gasteiger partial charge in [0, 0.05) is 31.6 Å². The highest BCUT2D eigenvalue weighted by Crippen LogP contribution is 2.17. The van der Waals surface area contributed by atoms with Crippen molar-refractivity contribution >= 4 is 19.1 Å². The number of rotatable bonds is 8. The quantitative estimate of drug-likeness (QED) is 0.195. The van der Waals surface area contributed by atoms with Gasteiger partial charge >= 0.3 is 19.1 Å². The van der Waals surface area contributed by atoms with Crippen LogP contribution >= 0.6 is 0 Å². The molecule has 0 bridgehead atoms. The van der Waals surface area contributed by atoms with E-state index in [-0.39, 0.29) is 5.94 Å². The Balaban J connectivity index is 0.000000294. The highest BCUT2D eigenvalue weighted by molar-refractivity contribution is 6.43. The van der Waals surface area contributed by atoms with E-state index < -0.39 is 31.3 Å². The second kappa shape index (κ2) is 11.4. The molecule has 0 aromatic carbocycles. The van der Waals surface area contributed by atoms with E-state index in [9.17, 15) is 19.6 Å². The number of nitrogens with one attached hydrogen (secondary N) is 2. The molecule has 12 heteroatoms. The zero-order valence-electron chi connectivity index (χ0n) is 14.5. The molecule has 2 aliphatic rings. The van der Waals surface area contributed by atoms with E-state index in [0.717, 1.165) is 45.6 Å². The van der Waals surface area contributed by atoms with Crippen molar-refractivity contribution < 1.29 is 40.1 Å². The van der Waals surface area contributed by atoms with Crippen LogP contribution in [0.2, 0.25) is 0 Å². The zero-order valence-corrected chi connectivity index (χ0v) is 14.5. The van der Waals surface area contributed by atoms with E-state index in [1.807, 2.05) is 0 Å². The van der Waals surface area contributed by atoms with E-state index in [4.69, 9.17) is 20.4 Å². The van der Waals surface area contributed by atoms with Crippen molar-refractivity contribution in [2.45, 2.75) is 43.5 Å². The fraction of sp³-hybridized carbons (Fsp3) is 0.857. The van der Waals surface area contributed by atoms with Gasteiger partial charge in [-0.3, -0.25) is 0 Å². The van der Waals surface area contributed by atoms with Crippen LogP contribution in [0.15, 0.2) is 0 Å². The smallest absolute Gasteiger partial charge is 0.469 e. The first kappa shape index (κ1) is 22.8. The van der Waals surface area contributed by atoms with Gasteiger partial charge in [0.1, 0.15) is 0 Å². The lowest BCUT2D eigenvalue weighted by Gasteiger charge is -2.24. The number of aliphatic hydroxyl groups excluding tert-OH is 2. The van der Waals surface area contributed by atoms with Crippen LogP contribution in [0.4, 0.5) is 0 Å². The average Bonchev–Trinajstić information content (AvgIpc) is 3.25. The molecule has 2 rings (SSSR count). The van der Waals surface area contributed by atoms with Crippen molar-refractivity contribution in [1.82, 2.24) is 15.5 Å². The molecule has 2 fully saturated rings. The first-order valence-corrected chi connectivity index (χ1v) is 8.60. The molecule has 0 aromatic rings. The Kier molecular flexibility index (Phi) is 10.0. The minimum atomic E-state index is -2.27. The molecule has 2 saturated heterocycles.